The topological polar surface area (TPSA) is 76.2 Å². The zero-order valence-electron chi connectivity index (χ0n) is 19.1. The van der Waals surface area contributed by atoms with Gasteiger partial charge in [-0.3, -0.25) is 9.10 Å². The van der Waals surface area contributed by atoms with Crippen LogP contribution in [0.15, 0.2) is 48.5 Å². The molecule has 2 aliphatic rings. The number of nitrogens with zero attached hydrogens (tertiary/aromatic N) is 2. The molecule has 178 valence electrons. The van der Waals surface area contributed by atoms with E-state index in [-0.39, 0.29) is 12.5 Å². The fraction of sp³-hybridized carbons (Fsp3) is 0.480. The van der Waals surface area contributed by atoms with E-state index in [1.165, 1.54) is 16.1 Å². The molecule has 2 aromatic rings. The number of likely N-dealkylation sites (tertiary alicyclic amines) is 1. The van der Waals surface area contributed by atoms with E-state index >= 15 is 0 Å². The van der Waals surface area contributed by atoms with E-state index < -0.39 is 10.0 Å². The number of benzene rings is 2. The molecule has 1 fully saturated rings. The minimum Gasteiger partial charge on any atom is -0.486 e. The lowest BCUT2D eigenvalue weighted by Gasteiger charge is -2.32. The largest absolute Gasteiger partial charge is 0.486 e. The van der Waals surface area contributed by atoms with E-state index in [2.05, 4.69) is 24.3 Å². The smallest absolute Gasteiger partial charge is 0.232 e. The maximum Gasteiger partial charge on any atom is 0.232 e. The standard InChI is InChI=1S/C25H32N2O5S/c1-33(29,30)27(22-9-10-23-24(19-22)32-17-16-31-23)13-5-8-25(28)26-14-11-21(12-15-26)18-20-6-3-2-4-7-20/h2-4,6-7,9-10,19,21H,5,8,11-18H2,1H3. The Morgan fingerprint density at radius 2 is 1.73 bits per heavy atom. The van der Waals surface area contributed by atoms with Gasteiger partial charge in [0.05, 0.1) is 11.9 Å². The van der Waals surface area contributed by atoms with E-state index in [1.54, 1.807) is 18.2 Å². The predicted molar refractivity (Wildman–Crippen MR) is 128 cm³/mol. The Morgan fingerprint density at radius 1 is 1.03 bits per heavy atom. The van der Waals surface area contributed by atoms with Gasteiger partial charge in [-0.25, -0.2) is 8.42 Å². The van der Waals surface area contributed by atoms with Crippen molar-refractivity contribution in [3.63, 3.8) is 0 Å². The van der Waals surface area contributed by atoms with Gasteiger partial charge < -0.3 is 14.4 Å². The SMILES string of the molecule is CS(=O)(=O)N(CCCC(=O)N1CCC(Cc2ccccc2)CC1)c1ccc2c(c1)OCCO2. The number of hydrogen-bond acceptors (Lipinski definition) is 5. The first kappa shape index (κ1) is 23.4. The lowest BCUT2D eigenvalue weighted by molar-refractivity contribution is -0.132. The van der Waals surface area contributed by atoms with Crippen molar-refractivity contribution in [3.05, 3.63) is 54.1 Å². The maximum absolute atomic E-state index is 12.7. The second kappa shape index (κ2) is 10.5. The van der Waals surface area contributed by atoms with Gasteiger partial charge >= 0.3 is 0 Å². The van der Waals surface area contributed by atoms with Crippen LogP contribution in [0, 0.1) is 5.92 Å². The van der Waals surface area contributed by atoms with Crippen LogP contribution in [-0.2, 0) is 21.2 Å². The average Bonchev–Trinajstić information content (AvgIpc) is 2.82. The summed E-state index contributed by atoms with van der Waals surface area (Å²) in [4.78, 5) is 14.7. The van der Waals surface area contributed by atoms with E-state index in [1.807, 2.05) is 11.0 Å². The summed E-state index contributed by atoms with van der Waals surface area (Å²) >= 11 is 0. The van der Waals surface area contributed by atoms with E-state index in [0.29, 0.717) is 49.2 Å². The number of rotatable bonds is 8. The highest BCUT2D eigenvalue weighted by molar-refractivity contribution is 7.92. The number of fused-ring (bicyclic) bond motifs is 1. The molecule has 0 N–H and O–H groups in total. The summed E-state index contributed by atoms with van der Waals surface area (Å²) in [7, 11) is -3.49. The number of ether oxygens (including phenoxy) is 2. The van der Waals surface area contributed by atoms with Crippen LogP contribution in [0.3, 0.4) is 0 Å². The van der Waals surface area contributed by atoms with Crippen LogP contribution in [0.1, 0.15) is 31.2 Å². The molecule has 0 spiro atoms. The van der Waals surface area contributed by atoms with E-state index in [0.717, 1.165) is 32.4 Å². The molecule has 1 saturated heterocycles. The molecule has 0 aliphatic carbocycles. The number of amides is 1. The molecular formula is C25H32N2O5S. The summed E-state index contributed by atoms with van der Waals surface area (Å²) < 4.78 is 37.3. The van der Waals surface area contributed by atoms with Gasteiger partial charge in [-0.15, -0.1) is 0 Å². The maximum atomic E-state index is 12.7. The number of carbonyl (C=O) groups is 1. The van der Waals surface area contributed by atoms with Crippen LogP contribution < -0.4 is 13.8 Å². The van der Waals surface area contributed by atoms with Crippen molar-refractivity contribution >= 4 is 21.6 Å². The molecule has 2 aliphatic heterocycles. The van der Waals surface area contributed by atoms with Gasteiger partial charge in [0.1, 0.15) is 13.2 Å². The van der Waals surface area contributed by atoms with Crippen molar-refractivity contribution in [3.8, 4) is 11.5 Å². The van der Waals surface area contributed by atoms with Crippen LogP contribution in [-0.4, -0.2) is 58.3 Å². The average molecular weight is 473 g/mol. The summed E-state index contributed by atoms with van der Waals surface area (Å²) in [6.07, 6.45) is 5.05. The number of piperidine rings is 1. The molecule has 2 heterocycles. The van der Waals surface area contributed by atoms with Crippen LogP contribution in [0.25, 0.3) is 0 Å². The second-order valence-electron chi connectivity index (χ2n) is 8.78. The molecule has 4 rings (SSSR count). The quantitative estimate of drug-likeness (QED) is 0.588. The fourth-order valence-corrected chi connectivity index (χ4v) is 5.50. The number of hydrogen-bond donors (Lipinski definition) is 0. The van der Waals surface area contributed by atoms with Crippen molar-refractivity contribution < 1.29 is 22.7 Å². The minimum atomic E-state index is -3.49. The molecule has 8 heteroatoms. The first-order chi connectivity index (χ1) is 15.9. The monoisotopic (exact) mass is 472 g/mol. The molecule has 2 aromatic carbocycles. The molecule has 33 heavy (non-hydrogen) atoms. The first-order valence-corrected chi connectivity index (χ1v) is 13.4. The van der Waals surface area contributed by atoms with Crippen molar-refractivity contribution in [1.29, 1.82) is 0 Å². The molecule has 0 atom stereocenters. The number of anilines is 1. The second-order valence-corrected chi connectivity index (χ2v) is 10.7. The molecule has 1 amide bonds. The normalized spacial score (nSPS) is 16.5. The lowest BCUT2D eigenvalue weighted by atomic mass is 9.90. The molecule has 0 unspecified atom stereocenters. The molecule has 0 saturated carbocycles. The summed E-state index contributed by atoms with van der Waals surface area (Å²) in [5.74, 6) is 1.86. The van der Waals surface area contributed by atoms with Gasteiger partial charge in [0, 0.05) is 32.1 Å². The zero-order chi connectivity index (χ0) is 23.3. The number of sulfonamides is 1. The Morgan fingerprint density at radius 3 is 2.42 bits per heavy atom. The Bertz CT molecular complexity index is 1050. The van der Waals surface area contributed by atoms with E-state index in [4.69, 9.17) is 9.47 Å². The summed E-state index contributed by atoms with van der Waals surface area (Å²) in [5.41, 5.74) is 1.87. The Labute approximate surface area is 196 Å². The Hall–Kier alpha value is -2.74. The van der Waals surface area contributed by atoms with Crippen LogP contribution >= 0.6 is 0 Å². The molecular weight excluding hydrogens is 440 g/mol. The number of carbonyl (C=O) groups excluding carboxylic acids is 1. The van der Waals surface area contributed by atoms with E-state index in [9.17, 15) is 13.2 Å². The highest BCUT2D eigenvalue weighted by Gasteiger charge is 2.24. The van der Waals surface area contributed by atoms with Crippen LogP contribution in [0.2, 0.25) is 0 Å². The van der Waals surface area contributed by atoms with Crippen molar-refractivity contribution in [1.82, 2.24) is 4.90 Å². The summed E-state index contributed by atoms with van der Waals surface area (Å²) in [6.45, 7) is 2.71. The van der Waals surface area contributed by atoms with Crippen molar-refractivity contribution in [2.24, 2.45) is 5.92 Å². The third-order valence-corrected chi connectivity index (χ3v) is 7.49. The third kappa shape index (κ3) is 6.19. The fourth-order valence-electron chi connectivity index (χ4n) is 4.54. The molecule has 0 aromatic heterocycles. The first-order valence-electron chi connectivity index (χ1n) is 11.6. The van der Waals surface area contributed by atoms with Gasteiger partial charge in [0.15, 0.2) is 11.5 Å². The van der Waals surface area contributed by atoms with Gasteiger partial charge in [0.25, 0.3) is 0 Å². The third-order valence-electron chi connectivity index (χ3n) is 6.30. The van der Waals surface area contributed by atoms with Gasteiger partial charge in [0.2, 0.25) is 15.9 Å². The highest BCUT2D eigenvalue weighted by atomic mass is 32.2. The molecule has 0 radical (unpaired) electrons. The van der Waals surface area contributed by atoms with Gasteiger partial charge in [-0.05, 0) is 49.3 Å². The van der Waals surface area contributed by atoms with Crippen molar-refractivity contribution in [2.75, 3.05) is 43.4 Å². The molecule has 7 nitrogen and oxygen atoms in total. The summed E-state index contributed by atoms with van der Waals surface area (Å²) in [5, 5.41) is 0. The summed E-state index contributed by atoms with van der Waals surface area (Å²) in [6, 6.07) is 15.6. The van der Waals surface area contributed by atoms with Crippen molar-refractivity contribution in [2.45, 2.75) is 32.1 Å². The predicted octanol–water partition coefficient (Wildman–Crippen LogP) is 3.49. The Kier molecular flexibility index (Phi) is 7.42. The van der Waals surface area contributed by atoms with Crippen LogP contribution in [0.4, 0.5) is 5.69 Å². The highest BCUT2D eigenvalue weighted by Crippen LogP contribution is 2.34. The van der Waals surface area contributed by atoms with Gasteiger partial charge in [-0.1, -0.05) is 30.3 Å². The molecule has 0 bridgehead atoms. The van der Waals surface area contributed by atoms with Crippen LogP contribution in [0.5, 0.6) is 11.5 Å². The zero-order valence-corrected chi connectivity index (χ0v) is 19.9. The Balaban J connectivity index is 1.28. The lowest BCUT2D eigenvalue weighted by Crippen LogP contribution is -2.39. The van der Waals surface area contributed by atoms with Gasteiger partial charge in [-0.2, -0.15) is 0 Å². The minimum absolute atomic E-state index is 0.101.